The molecule has 0 radical (unpaired) electrons. The van der Waals surface area contributed by atoms with E-state index in [2.05, 4.69) is 152 Å². The second kappa shape index (κ2) is 13.3. The van der Waals surface area contributed by atoms with Crippen molar-refractivity contribution in [2.45, 2.75) is 0 Å². The maximum Gasteiger partial charge on any atom is 0.164 e. The molecule has 0 fully saturated rings. The fourth-order valence-electron chi connectivity index (χ4n) is 7.87. The SMILES string of the molecule is c1ccc(-c2cccc(-c3nc(-c4ccccc4)nc(-c4ccc5c(c4)oc4cccc(-c6cc(-c7ccccc7)cc7sc8ccccc8c67)c45)n3)c2)cc1. The minimum atomic E-state index is 0.587. The van der Waals surface area contributed by atoms with Gasteiger partial charge in [-0.05, 0) is 75.8 Å². The largest absolute Gasteiger partial charge is 0.456 e. The van der Waals surface area contributed by atoms with Gasteiger partial charge in [0.1, 0.15) is 11.2 Å². The molecule has 0 spiro atoms. The summed E-state index contributed by atoms with van der Waals surface area (Å²) in [5.74, 6) is 1.82. The summed E-state index contributed by atoms with van der Waals surface area (Å²) in [6.07, 6.45) is 0. The highest BCUT2D eigenvalue weighted by molar-refractivity contribution is 7.26. The predicted molar refractivity (Wildman–Crippen MR) is 233 cm³/mol. The zero-order chi connectivity index (χ0) is 37.0. The molecule has 3 heterocycles. The van der Waals surface area contributed by atoms with E-state index < -0.39 is 0 Å². The van der Waals surface area contributed by atoms with Crippen LogP contribution in [-0.2, 0) is 0 Å². The van der Waals surface area contributed by atoms with E-state index in [9.17, 15) is 0 Å². The standard InChI is InChI=1S/C51H31N3OS/c1-4-14-32(15-5-1)35-20-12-21-36(28-35)50-52-49(34-18-8-3-9-19-34)53-51(54-50)37-26-27-40-44(30-37)55-43-24-13-23-39(47(40)43)42-29-38(33-16-6-2-7-17-33)31-46-48(42)41-22-10-11-25-45(41)56-46/h1-31H. The number of fused-ring (bicyclic) bond motifs is 6. The quantitative estimate of drug-likeness (QED) is 0.171. The van der Waals surface area contributed by atoms with Crippen LogP contribution in [0.2, 0.25) is 0 Å². The van der Waals surface area contributed by atoms with E-state index in [0.717, 1.165) is 55.3 Å². The molecular weight excluding hydrogens is 703 g/mol. The van der Waals surface area contributed by atoms with Gasteiger partial charge in [-0.3, -0.25) is 0 Å². The van der Waals surface area contributed by atoms with E-state index in [4.69, 9.17) is 19.4 Å². The summed E-state index contributed by atoms with van der Waals surface area (Å²) in [4.78, 5) is 15.1. The monoisotopic (exact) mass is 733 g/mol. The first kappa shape index (κ1) is 32.2. The lowest BCUT2D eigenvalue weighted by atomic mass is 9.92. The first-order chi connectivity index (χ1) is 27.7. The Hall–Kier alpha value is -7.21. The van der Waals surface area contributed by atoms with Gasteiger partial charge in [0.2, 0.25) is 0 Å². The number of aromatic nitrogens is 3. The fourth-order valence-corrected chi connectivity index (χ4v) is 9.04. The molecule has 3 aromatic heterocycles. The number of thiophene rings is 1. The molecule has 0 bridgehead atoms. The third-order valence-corrected chi connectivity index (χ3v) is 11.6. The Labute approximate surface area is 327 Å². The van der Waals surface area contributed by atoms with Gasteiger partial charge in [-0.15, -0.1) is 11.3 Å². The maximum atomic E-state index is 6.70. The van der Waals surface area contributed by atoms with E-state index in [1.54, 1.807) is 0 Å². The fraction of sp³-hybridized carbons (Fsp3) is 0. The van der Waals surface area contributed by atoms with Crippen LogP contribution in [0, 0.1) is 0 Å². The molecule has 0 saturated carbocycles. The van der Waals surface area contributed by atoms with Gasteiger partial charge in [0.05, 0.1) is 0 Å². The van der Waals surface area contributed by atoms with Crippen molar-refractivity contribution in [3.63, 3.8) is 0 Å². The molecule has 0 unspecified atom stereocenters. The molecule has 262 valence electrons. The van der Waals surface area contributed by atoms with E-state index in [0.29, 0.717) is 17.5 Å². The molecule has 0 aliphatic rings. The second-order valence-electron chi connectivity index (χ2n) is 14.0. The lowest BCUT2D eigenvalue weighted by Gasteiger charge is -2.11. The lowest BCUT2D eigenvalue weighted by Crippen LogP contribution is -2.00. The van der Waals surface area contributed by atoms with Crippen LogP contribution in [0.3, 0.4) is 0 Å². The van der Waals surface area contributed by atoms with Gasteiger partial charge >= 0.3 is 0 Å². The van der Waals surface area contributed by atoms with Crippen molar-refractivity contribution < 1.29 is 4.42 Å². The van der Waals surface area contributed by atoms with Crippen molar-refractivity contribution in [1.82, 2.24) is 15.0 Å². The Kier molecular flexibility index (Phi) is 7.64. The number of hydrogen-bond donors (Lipinski definition) is 0. The summed E-state index contributed by atoms with van der Waals surface area (Å²) >= 11 is 1.85. The Morgan fingerprint density at radius 2 is 0.911 bits per heavy atom. The summed E-state index contributed by atoms with van der Waals surface area (Å²) in [7, 11) is 0. The van der Waals surface area contributed by atoms with Crippen molar-refractivity contribution >= 4 is 53.4 Å². The van der Waals surface area contributed by atoms with Crippen molar-refractivity contribution in [1.29, 1.82) is 0 Å². The molecule has 11 aromatic rings. The maximum absolute atomic E-state index is 6.70. The van der Waals surface area contributed by atoms with Crippen LogP contribution in [0.5, 0.6) is 0 Å². The van der Waals surface area contributed by atoms with Crippen LogP contribution in [0.15, 0.2) is 192 Å². The summed E-state index contributed by atoms with van der Waals surface area (Å²) in [5, 5.41) is 4.68. The number of nitrogens with zero attached hydrogens (tertiary/aromatic N) is 3. The normalized spacial score (nSPS) is 11.6. The average molecular weight is 734 g/mol. The highest BCUT2D eigenvalue weighted by atomic mass is 32.1. The van der Waals surface area contributed by atoms with E-state index >= 15 is 0 Å². The average Bonchev–Trinajstić information content (AvgIpc) is 3.85. The van der Waals surface area contributed by atoms with Crippen LogP contribution < -0.4 is 0 Å². The van der Waals surface area contributed by atoms with Gasteiger partial charge < -0.3 is 4.42 Å². The highest BCUT2D eigenvalue weighted by Gasteiger charge is 2.20. The van der Waals surface area contributed by atoms with Crippen molar-refractivity contribution in [2.24, 2.45) is 0 Å². The van der Waals surface area contributed by atoms with Crippen molar-refractivity contribution in [3.05, 3.63) is 188 Å². The minimum absolute atomic E-state index is 0.587. The Morgan fingerprint density at radius 3 is 1.66 bits per heavy atom. The molecule has 11 rings (SSSR count). The number of rotatable bonds is 6. The van der Waals surface area contributed by atoms with Gasteiger partial charge in [0, 0.05) is 47.6 Å². The number of furan rings is 1. The number of hydrogen-bond acceptors (Lipinski definition) is 5. The molecule has 8 aromatic carbocycles. The van der Waals surface area contributed by atoms with E-state index in [1.165, 1.54) is 36.9 Å². The molecule has 0 saturated heterocycles. The van der Waals surface area contributed by atoms with Gasteiger partial charge in [0.25, 0.3) is 0 Å². The van der Waals surface area contributed by atoms with Gasteiger partial charge in [-0.25, -0.2) is 15.0 Å². The van der Waals surface area contributed by atoms with Gasteiger partial charge in [0.15, 0.2) is 17.5 Å². The van der Waals surface area contributed by atoms with E-state index in [1.807, 2.05) is 47.7 Å². The lowest BCUT2D eigenvalue weighted by molar-refractivity contribution is 0.669. The third-order valence-electron chi connectivity index (χ3n) is 10.5. The summed E-state index contributed by atoms with van der Waals surface area (Å²) in [6.45, 7) is 0. The molecule has 0 amide bonds. The molecule has 4 nitrogen and oxygen atoms in total. The van der Waals surface area contributed by atoms with Crippen LogP contribution in [0.4, 0.5) is 0 Å². The van der Waals surface area contributed by atoms with Crippen LogP contribution >= 0.6 is 11.3 Å². The van der Waals surface area contributed by atoms with Crippen molar-refractivity contribution in [3.8, 4) is 67.5 Å². The molecule has 0 atom stereocenters. The predicted octanol–water partition coefficient (Wildman–Crippen LogP) is 14.1. The Bertz CT molecular complexity index is 3240. The zero-order valence-electron chi connectivity index (χ0n) is 30.1. The first-order valence-electron chi connectivity index (χ1n) is 18.7. The first-order valence-corrected chi connectivity index (χ1v) is 19.5. The molecule has 56 heavy (non-hydrogen) atoms. The smallest absolute Gasteiger partial charge is 0.164 e. The summed E-state index contributed by atoms with van der Waals surface area (Å²) in [6, 6.07) is 65.6. The topological polar surface area (TPSA) is 51.8 Å². The number of benzene rings is 8. The molecule has 0 aliphatic heterocycles. The highest BCUT2D eigenvalue weighted by Crippen LogP contribution is 2.46. The van der Waals surface area contributed by atoms with Crippen LogP contribution in [0.25, 0.3) is 110 Å². The summed E-state index contributed by atoms with van der Waals surface area (Å²) < 4.78 is 9.24. The van der Waals surface area contributed by atoms with Crippen LogP contribution in [-0.4, -0.2) is 15.0 Å². The zero-order valence-corrected chi connectivity index (χ0v) is 30.9. The molecule has 0 N–H and O–H groups in total. The van der Waals surface area contributed by atoms with Gasteiger partial charge in [-0.1, -0.05) is 146 Å². The minimum Gasteiger partial charge on any atom is -0.456 e. The molecular formula is C51H31N3OS. The Morgan fingerprint density at radius 1 is 0.321 bits per heavy atom. The third kappa shape index (κ3) is 5.56. The second-order valence-corrected chi connectivity index (χ2v) is 15.1. The molecule has 5 heteroatoms. The van der Waals surface area contributed by atoms with Crippen LogP contribution in [0.1, 0.15) is 0 Å². The van der Waals surface area contributed by atoms with E-state index in [-0.39, 0.29) is 0 Å². The molecule has 0 aliphatic carbocycles. The van der Waals surface area contributed by atoms with Crippen molar-refractivity contribution in [2.75, 3.05) is 0 Å². The summed E-state index contributed by atoms with van der Waals surface area (Å²) in [5.41, 5.74) is 11.3. The van der Waals surface area contributed by atoms with Gasteiger partial charge in [-0.2, -0.15) is 0 Å². The Balaban J connectivity index is 1.09.